The number of nitrogens with one attached hydrogen (secondary N) is 1. The number of phenolic OH excluding ortho intramolecular Hbond substituents is 1. The van der Waals surface area contributed by atoms with Gasteiger partial charge in [0.15, 0.2) is 0 Å². The molecule has 1 aliphatic carbocycles. The summed E-state index contributed by atoms with van der Waals surface area (Å²) in [6.07, 6.45) is 3.24. The summed E-state index contributed by atoms with van der Waals surface area (Å²) in [5.74, 6) is -0.666. The molecule has 0 saturated heterocycles. The molecule has 3 rings (SSSR count). The zero-order valence-electron chi connectivity index (χ0n) is 12.3. The molecule has 1 heterocycles. The molecule has 0 aliphatic heterocycles. The van der Waals surface area contributed by atoms with E-state index in [9.17, 15) is 9.90 Å². The van der Waals surface area contributed by atoms with E-state index < -0.39 is 5.97 Å². The van der Waals surface area contributed by atoms with Crippen molar-refractivity contribution in [2.75, 3.05) is 0 Å². The van der Waals surface area contributed by atoms with Crippen LogP contribution in [0, 0.1) is 5.92 Å². The molecule has 0 amide bonds. The highest BCUT2D eigenvalue weighted by molar-refractivity contribution is 5.84. The molecule has 116 valence electrons. The number of para-hydroxylation sites is 1. The number of phenols is 1. The van der Waals surface area contributed by atoms with Gasteiger partial charge >= 0.3 is 5.97 Å². The molecule has 1 aromatic carbocycles. The fourth-order valence-electron chi connectivity index (χ4n) is 3.06. The number of benzene rings is 1. The van der Waals surface area contributed by atoms with Gasteiger partial charge in [0.05, 0.1) is 11.6 Å². The van der Waals surface area contributed by atoms with Crippen molar-refractivity contribution in [2.24, 2.45) is 5.92 Å². The Morgan fingerprint density at radius 3 is 2.68 bits per heavy atom. The molecule has 22 heavy (non-hydrogen) atoms. The van der Waals surface area contributed by atoms with Crippen LogP contribution in [-0.2, 0) is 11.3 Å². The first kappa shape index (κ1) is 14.8. The second-order valence-corrected chi connectivity index (χ2v) is 5.92. The second kappa shape index (κ2) is 6.32. The first-order valence-corrected chi connectivity index (χ1v) is 7.67. The lowest BCUT2D eigenvalue weighted by Gasteiger charge is -2.26. The monoisotopic (exact) mass is 300 g/mol. The number of fused-ring (bicyclic) bond motifs is 1. The van der Waals surface area contributed by atoms with E-state index in [1.54, 1.807) is 12.1 Å². The van der Waals surface area contributed by atoms with Crippen LogP contribution in [0.2, 0.25) is 0 Å². The highest BCUT2D eigenvalue weighted by Crippen LogP contribution is 2.25. The van der Waals surface area contributed by atoms with Crippen molar-refractivity contribution in [3.05, 3.63) is 36.0 Å². The first-order chi connectivity index (χ1) is 10.6. The standard InChI is InChI=1S/C17H20N2O3/c20-15-3-1-2-11-4-9-14(19-16(11)15)10-18-13-7-5-12(6-8-13)17(21)22/h1-4,9,12-13,18,20H,5-8,10H2,(H,21,22)/t12-,13-. The lowest BCUT2D eigenvalue weighted by molar-refractivity contribution is -0.142. The van der Waals surface area contributed by atoms with E-state index in [1.165, 1.54) is 0 Å². The molecule has 0 bridgehead atoms. The lowest BCUT2D eigenvalue weighted by Crippen LogP contribution is -2.34. The van der Waals surface area contributed by atoms with E-state index in [-0.39, 0.29) is 11.7 Å². The van der Waals surface area contributed by atoms with E-state index in [0.29, 0.717) is 18.1 Å². The van der Waals surface area contributed by atoms with Crippen molar-refractivity contribution >= 4 is 16.9 Å². The minimum atomic E-state index is -0.676. The summed E-state index contributed by atoms with van der Waals surface area (Å²) >= 11 is 0. The molecule has 3 N–H and O–H groups in total. The number of hydrogen-bond donors (Lipinski definition) is 3. The summed E-state index contributed by atoms with van der Waals surface area (Å²) in [5, 5.41) is 23.2. The predicted octanol–water partition coefficient (Wildman–Crippen LogP) is 2.67. The number of aromatic nitrogens is 1. The van der Waals surface area contributed by atoms with Crippen LogP contribution < -0.4 is 5.32 Å². The SMILES string of the molecule is O=C(O)[C@H]1CC[C@H](NCc2ccc3cccc(O)c3n2)CC1. The summed E-state index contributed by atoms with van der Waals surface area (Å²) in [6, 6.07) is 9.63. The third-order valence-corrected chi connectivity index (χ3v) is 4.40. The second-order valence-electron chi connectivity index (χ2n) is 5.92. The van der Waals surface area contributed by atoms with E-state index in [1.807, 2.05) is 18.2 Å². The van der Waals surface area contributed by atoms with E-state index >= 15 is 0 Å². The summed E-state index contributed by atoms with van der Waals surface area (Å²) < 4.78 is 0. The number of rotatable bonds is 4. The van der Waals surface area contributed by atoms with Crippen LogP contribution in [-0.4, -0.2) is 27.2 Å². The molecule has 2 aromatic rings. The Hall–Kier alpha value is -2.14. The van der Waals surface area contributed by atoms with Crippen LogP contribution in [0.25, 0.3) is 10.9 Å². The number of aliphatic carboxylic acids is 1. The van der Waals surface area contributed by atoms with Crippen molar-refractivity contribution in [3.63, 3.8) is 0 Å². The normalized spacial score (nSPS) is 21.8. The Bertz CT molecular complexity index is 679. The largest absolute Gasteiger partial charge is 0.506 e. The Labute approximate surface area is 129 Å². The molecular weight excluding hydrogens is 280 g/mol. The minimum Gasteiger partial charge on any atom is -0.506 e. The molecule has 1 saturated carbocycles. The number of carbonyl (C=O) groups is 1. The third kappa shape index (κ3) is 3.20. The Morgan fingerprint density at radius 1 is 1.18 bits per heavy atom. The Balaban J connectivity index is 1.60. The number of hydrogen-bond acceptors (Lipinski definition) is 4. The molecule has 1 fully saturated rings. The van der Waals surface area contributed by atoms with Crippen LogP contribution >= 0.6 is 0 Å². The van der Waals surface area contributed by atoms with Crippen LogP contribution in [0.3, 0.4) is 0 Å². The van der Waals surface area contributed by atoms with Crippen molar-refractivity contribution in [1.82, 2.24) is 10.3 Å². The van der Waals surface area contributed by atoms with Crippen LogP contribution in [0.15, 0.2) is 30.3 Å². The number of nitrogens with zero attached hydrogens (tertiary/aromatic N) is 1. The van der Waals surface area contributed by atoms with E-state index in [4.69, 9.17) is 5.11 Å². The van der Waals surface area contributed by atoms with Gasteiger partial charge in [0.2, 0.25) is 0 Å². The smallest absolute Gasteiger partial charge is 0.306 e. The van der Waals surface area contributed by atoms with Crippen LogP contribution in [0.4, 0.5) is 0 Å². The average Bonchev–Trinajstić information content (AvgIpc) is 2.54. The topological polar surface area (TPSA) is 82.5 Å². The minimum absolute atomic E-state index is 0.186. The van der Waals surface area contributed by atoms with Crippen molar-refractivity contribution in [3.8, 4) is 5.75 Å². The molecule has 0 atom stereocenters. The highest BCUT2D eigenvalue weighted by Gasteiger charge is 2.25. The maximum absolute atomic E-state index is 10.9. The highest BCUT2D eigenvalue weighted by atomic mass is 16.4. The zero-order valence-corrected chi connectivity index (χ0v) is 12.3. The molecule has 0 spiro atoms. The van der Waals surface area contributed by atoms with Gasteiger partial charge in [-0.25, -0.2) is 4.98 Å². The Morgan fingerprint density at radius 2 is 1.95 bits per heavy atom. The average molecular weight is 300 g/mol. The summed E-state index contributed by atoms with van der Waals surface area (Å²) in [4.78, 5) is 15.4. The van der Waals surface area contributed by atoms with Gasteiger partial charge in [-0.1, -0.05) is 18.2 Å². The van der Waals surface area contributed by atoms with Crippen molar-refractivity contribution in [1.29, 1.82) is 0 Å². The van der Waals surface area contributed by atoms with Gasteiger partial charge in [-0.15, -0.1) is 0 Å². The van der Waals surface area contributed by atoms with Gasteiger partial charge < -0.3 is 15.5 Å². The predicted molar refractivity (Wildman–Crippen MR) is 83.6 cm³/mol. The van der Waals surface area contributed by atoms with Gasteiger partial charge in [-0.2, -0.15) is 0 Å². The quantitative estimate of drug-likeness (QED) is 0.808. The molecule has 5 nitrogen and oxygen atoms in total. The fourth-order valence-corrected chi connectivity index (χ4v) is 3.06. The molecule has 1 aliphatic rings. The van der Waals surface area contributed by atoms with Crippen molar-refractivity contribution in [2.45, 2.75) is 38.3 Å². The molecule has 0 unspecified atom stereocenters. The lowest BCUT2D eigenvalue weighted by atomic mass is 9.86. The van der Waals surface area contributed by atoms with Crippen LogP contribution in [0.1, 0.15) is 31.4 Å². The van der Waals surface area contributed by atoms with Gasteiger partial charge in [-0.05, 0) is 37.8 Å². The molecular formula is C17H20N2O3. The fraction of sp³-hybridized carbons (Fsp3) is 0.412. The van der Waals surface area contributed by atoms with Gasteiger partial charge in [0.25, 0.3) is 0 Å². The number of carboxylic acid groups (broad SMARTS) is 1. The summed E-state index contributed by atoms with van der Waals surface area (Å²) in [5.41, 5.74) is 1.51. The Kier molecular flexibility index (Phi) is 4.24. The number of aromatic hydroxyl groups is 1. The molecule has 5 heteroatoms. The first-order valence-electron chi connectivity index (χ1n) is 7.67. The third-order valence-electron chi connectivity index (χ3n) is 4.40. The van der Waals surface area contributed by atoms with Gasteiger partial charge in [-0.3, -0.25) is 4.79 Å². The van der Waals surface area contributed by atoms with Gasteiger partial charge in [0, 0.05) is 18.0 Å². The number of carboxylic acids is 1. The molecule has 0 radical (unpaired) electrons. The summed E-state index contributed by atoms with van der Waals surface area (Å²) in [7, 11) is 0. The summed E-state index contributed by atoms with van der Waals surface area (Å²) in [6.45, 7) is 0.632. The maximum atomic E-state index is 10.9. The van der Waals surface area contributed by atoms with E-state index in [0.717, 1.165) is 36.8 Å². The maximum Gasteiger partial charge on any atom is 0.306 e. The zero-order chi connectivity index (χ0) is 15.5. The van der Waals surface area contributed by atoms with Gasteiger partial charge in [0.1, 0.15) is 11.3 Å². The van der Waals surface area contributed by atoms with Crippen molar-refractivity contribution < 1.29 is 15.0 Å². The molecule has 1 aromatic heterocycles. The van der Waals surface area contributed by atoms with E-state index in [2.05, 4.69) is 10.3 Å². The number of pyridine rings is 1. The van der Waals surface area contributed by atoms with Crippen LogP contribution in [0.5, 0.6) is 5.75 Å².